The van der Waals surface area contributed by atoms with Crippen LogP contribution in [0.1, 0.15) is 32.6 Å². The van der Waals surface area contributed by atoms with Gasteiger partial charge in [-0.15, -0.1) is 0 Å². The molecule has 0 aromatic carbocycles. The summed E-state index contributed by atoms with van der Waals surface area (Å²) in [6.45, 7) is 2.62. The summed E-state index contributed by atoms with van der Waals surface area (Å²) in [6.07, 6.45) is 5.23. The van der Waals surface area contributed by atoms with Crippen molar-refractivity contribution in [2.45, 2.75) is 32.6 Å². The zero-order valence-corrected chi connectivity index (χ0v) is 6.14. The maximum Gasteiger partial charge on any atom is 0.0433 e. The van der Waals surface area contributed by atoms with Gasteiger partial charge in [0.25, 0.3) is 0 Å². The molecule has 0 spiro atoms. The summed E-state index contributed by atoms with van der Waals surface area (Å²) in [4.78, 5) is 0. The van der Waals surface area contributed by atoms with Crippen LogP contribution >= 0.6 is 0 Å². The Morgan fingerprint density at radius 1 is 1.56 bits per heavy atom. The Hall–Kier alpha value is -0.0400. The summed E-state index contributed by atoms with van der Waals surface area (Å²) >= 11 is 0. The number of aliphatic hydroxyl groups is 1. The lowest BCUT2D eigenvalue weighted by molar-refractivity contribution is 0.173. The van der Waals surface area contributed by atoms with Gasteiger partial charge in [-0.05, 0) is 18.3 Å². The van der Waals surface area contributed by atoms with Crippen molar-refractivity contribution >= 4 is 0 Å². The van der Waals surface area contributed by atoms with Gasteiger partial charge in [-0.2, -0.15) is 0 Å². The third kappa shape index (κ3) is 1.68. The zero-order chi connectivity index (χ0) is 6.69. The fraction of sp³-hybridized carbons (Fsp3) is 1.00. The lowest BCUT2D eigenvalue weighted by atomic mass is 9.76. The predicted octanol–water partition coefficient (Wildman–Crippen LogP) is 1.80. The van der Waals surface area contributed by atoms with E-state index in [1.807, 2.05) is 0 Å². The van der Waals surface area contributed by atoms with Crippen molar-refractivity contribution in [3.8, 4) is 0 Å². The van der Waals surface area contributed by atoms with Crippen LogP contribution in [0.5, 0.6) is 0 Å². The lowest BCUT2D eigenvalue weighted by Gasteiger charge is -2.30. The minimum Gasteiger partial charge on any atom is -0.396 e. The molecule has 1 fully saturated rings. The largest absolute Gasteiger partial charge is 0.396 e. The second-order valence-electron chi connectivity index (χ2n) is 3.18. The zero-order valence-electron chi connectivity index (χ0n) is 6.14. The SMILES string of the molecule is CC(CCO)C1CCC1. The van der Waals surface area contributed by atoms with Gasteiger partial charge in [-0.3, -0.25) is 0 Å². The maximum absolute atomic E-state index is 8.61. The molecule has 0 saturated heterocycles. The van der Waals surface area contributed by atoms with Gasteiger partial charge in [0.05, 0.1) is 0 Å². The molecule has 9 heavy (non-hydrogen) atoms. The van der Waals surface area contributed by atoms with Crippen LogP contribution < -0.4 is 0 Å². The van der Waals surface area contributed by atoms with Gasteiger partial charge in [-0.1, -0.05) is 26.2 Å². The van der Waals surface area contributed by atoms with Crippen LogP contribution in [0.2, 0.25) is 0 Å². The van der Waals surface area contributed by atoms with Crippen LogP contribution in [-0.2, 0) is 0 Å². The van der Waals surface area contributed by atoms with E-state index in [1.54, 1.807) is 0 Å². The topological polar surface area (TPSA) is 20.2 Å². The Labute approximate surface area is 57.1 Å². The van der Waals surface area contributed by atoms with Crippen molar-refractivity contribution in [3.63, 3.8) is 0 Å². The number of hydrogen-bond acceptors (Lipinski definition) is 1. The van der Waals surface area contributed by atoms with Crippen LogP contribution in [0.3, 0.4) is 0 Å². The molecule has 1 saturated carbocycles. The van der Waals surface area contributed by atoms with Crippen LogP contribution in [0, 0.1) is 11.8 Å². The first-order chi connectivity index (χ1) is 4.34. The van der Waals surface area contributed by atoms with E-state index in [2.05, 4.69) is 6.92 Å². The summed E-state index contributed by atoms with van der Waals surface area (Å²) in [5.41, 5.74) is 0. The minimum atomic E-state index is 0.373. The van der Waals surface area contributed by atoms with Crippen molar-refractivity contribution < 1.29 is 5.11 Å². The molecule has 0 aromatic heterocycles. The van der Waals surface area contributed by atoms with Crippen LogP contribution in [0.25, 0.3) is 0 Å². The first-order valence-electron chi connectivity index (χ1n) is 3.95. The van der Waals surface area contributed by atoms with E-state index in [9.17, 15) is 0 Å². The second-order valence-corrected chi connectivity index (χ2v) is 3.18. The summed E-state index contributed by atoms with van der Waals surface area (Å²) in [5.74, 6) is 1.71. The normalized spacial score (nSPS) is 23.3. The second kappa shape index (κ2) is 3.21. The molecule has 0 heterocycles. The molecule has 0 aliphatic heterocycles. The molecule has 1 unspecified atom stereocenters. The van der Waals surface area contributed by atoms with Gasteiger partial charge in [0.2, 0.25) is 0 Å². The molecule has 1 atom stereocenters. The predicted molar refractivity (Wildman–Crippen MR) is 38.2 cm³/mol. The minimum absolute atomic E-state index is 0.373. The van der Waals surface area contributed by atoms with E-state index in [1.165, 1.54) is 19.3 Å². The maximum atomic E-state index is 8.61. The Balaban J connectivity index is 2.08. The Morgan fingerprint density at radius 3 is 2.56 bits per heavy atom. The van der Waals surface area contributed by atoms with E-state index in [-0.39, 0.29) is 0 Å². The van der Waals surface area contributed by atoms with E-state index in [0.29, 0.717) is 6.61 Å². The molecule has 0 aromatic rings. The standard InChI is InChI=1S/C8H16O/c1-7(5-6-9)8-3-2-4-8/h7-9H,2-6H2,1H3. The molecule has 1 aliphatic rings. The molecule has 1 N–H and O–H groups in total. The summed E-state index contributed by atoms with van der Waals surface area (Å²) < 4.78 is 0. The molecule has 1 heteroatoms. The number of hydrogen-bond donors (Lipinski definition) is 1. The Kier molecular flexibility index (Phi) is 2.52. The Morgan fingerprint density at radius 2 is 2.22 bits per heavy atom. The highest BCUT2D eigenvalue weighted by molar-refractivity contribution is 4.74. The smallest absolute Gasteiger partial charge is 0.0433 e. The summed E-state index contributed by atoms with van der Waals surface area (Å²) in [5, 5.41) is 8.61. The first kappa shape index (κ1) is 7.07. The number of aliphatic hydroxyl groups excluding tert-OH is 1. The molecule has 1 nitrogen and oxygen atoms in total. The molecule has 54 valence electrons. The van der Waals surface area contributed by atoms with Crippen LogP contribution in [0.4, 0.5) is 0 Å². The van der Waals surface area contributed by atoms with E-state index in [0.717, 1.165) is 18.3 Å². The summed E-state index contributed by atoms with van der Waals surface area (Å²) in [7, 11) is 0. The van der Waals surface area contributed by atoms with Gasteiger partial charge in [0, 0.05) is 6.61 Å². The van der Waals surface area contributed by atoms with Crippen molar-refractivity contribution in [1.29, 1.82) is 0 Å². The van der Waals surface area contributed by atoms with Crippen LogP contribution in [0.15, 0.2) is 0 Å². The van der Waals surface area contributed by atoms with E-state index < -0.39 is 0 Å². The number of rotatable bonds is 3. The van der Waals surface area contributed by atoms with Crippen LogP contribution in [-0.4, -0.2) is 11.7 Å². The third-order valence-corrected chi connectivity index (χ3v) is 2.54. The lowest BCUT2D eigenvalue weighted by Crippen LogP contribution is -2.20. The quantitative estimate of drug-likeness (QED) is 0.614. The molecule has 0 radical (unpaired) electrons. The fourth-order valence-electron chi connectivity index (χ4n) is 1.45. The molecule has 0 bridgehead atoms. The summed E-state index contributed by atoms with van der Waals surface area (Å²) in [6, 6.07) is 0. The van der Waals surface area contributed by atoms with Gasteiger partial charge in [0.1, 0.15) is 0 Å². The first-order valence-corrected chi connectivity index (χ1v) is 3.95. The molecule has 0 amide bonds. The average Bonchev–Trinajstić information content (AvgIpc) is 1.60. The highest BCUT2D eigenvalue weighted by Crippen LogP contribution is 2.34. The van der Waals surface area contributed by atoms with Crippen molar-refractivity contribution in [1.82, 2.24) is 0 Å². The van der Waals surface area contributed by atoms with E-state index >= 15 is 0 Å². The molecular formula is C8H16O. The highest BCUT2D eigenvalue weighted by Gasteiger charge is 2.22. The van der Waals surface area contributed by atoms with Gasteiger partial charge in [-0.25, -0.2) is 0 Å². The van der Waals surface area contributed by atoms with E-state index in [4.69, 9.17) is 5.11 Å². The fourth-order valence-corrected chi connectivity index (χ4v) is 1.45. The van der Waals surface area contributed by atoms with Gasteiger partial charge < -0.3 is 5.11 Å². The molecular weight excluding hydrogens is 112 g/mol. The van der Waals surface area contributed by atoms with Crippen molar-refractivity contribution in [2.75, 3.05) is 6.61 Å². The van der Waals surface area contributed by atoms with Crippen molar-refractivity contribution in [3.05, 3.63) is 0 Å². The van der Waals surface area contributed by atoms with Gasteiger partial charge >= 0.3 is 0 Å². The highest BCUT2D eigenvalue weighted by atomic mass is 16.3. The third-order valence-electron chi connectivity index (χ3n) is 2.54. The molecule has 1 rings (SSSR count). The van der Waals surface area contributed by atoms with Gasteiger partial charge in [0.15, 0.2) is 0 Å². The Bertz CT molecular complexity index is 76.6. The average molecular weight is 128 g/mol. The molecule has 1 aliphatic carbocycles. The monoisotopic (exact) mass is 128 g/mol. The van der Waals surface area contributed by atoms with Crippen molar-refractivity contribution in [2.24, 2.45) is 11.8 Å².